The third-order valence-electron chi connectivity index (χ3n) is 3.22. The lowest BCUT2D eigenvalue weighted by molar-refractivity contribution is 0.651. The summed E-state index contributed by atoms with van der Waals surface area (Å²) >= 11 is 0. The summed E-state index contributed by atoms with van der Waals surface area (Å²) < 4.78 is 0. The number of rotatable bonds is 5. The van der Waals surface area contributed by atoms with Crippen molar-refractivity contribution >= 4 is 0 Å². The topological polar surface area (TPSA) is 51.8 Å². The van der Waals surface area contributed by atoms with Crippen molar-refractivity contribution in [2.24, 2.45) is 5.73 Å². The third-order valence-corrected chi connectivity index (χ3v) is 3.22. The van der Waals surface area contributed by atoms with Crippen molar-refractivity contribution in [3.63, 3.8) is 0 Å². The van der Waals surface area contributed by atoms with E-state index in [1.807, 2.05) is 0 Å². The molecule has 1 unspecified atom stereocenters. The Balaban J connectivity index is 2.19. The maximum Gasteiger partial charge on any atom is 0.115 e. The van der Waals surface area contributed by atoms with Crippen molar-refractivity contribution in [2.45, 2.75) is 57.9 Å². The van der Waals surface area contributed by atoms with E-state index in [2.05, 4.69) is 23.8 Å². The number of aryl methyl sites for hydroxylation is 1. The van der Waals surface area contributed by atoms with Gasteiger partial charge in [0.2, 0.25) is 0 Å². The second kappa shape index (κ2) is 4.91. The number of nitrogens with two attached hydrogens (primary N) is 1. The Kier molecular flexibility index (Phi) is 3.54. The van der Waals surface area contributed by atoms with Crippen molar-refractivity contribution in [2.75, 3.05) is 0 Å². The van der Waals surface area contributed by atoms with Gasteiger partial charge in [-0.05, 0) is 44.6 Å². The van der Waals surface area contributed by atoms with Crippen LogP contribution in [0, 0.1) is 0 Å². The first-order valence-electron chi connectivity index (χ1n) is 6.30. The molecule has 0 saturated heterocycles. The zero-order valence-electron chi connectivity index (χ0n) is 10.2. The number of aromatic nitrogens is 2. The smallest absolute Gasteiger partial charge is 0.115 e. The molecule has 0 bridgehead atoms. The maximum absolute atomic E-state index is 5.80. The summed E-state index contributed by atoms with van der Waals surface area (Å²) in [6.45, 7) is 4.24. The molecule has 0 aliphatic heterocycles. The molecule has 0 aromatic carbocycles. The van der Waals surface area contributed by atoms with E-state index in [1.54, 1.807) is 6.33 Å². The van der Waals surface area contributed by atoms with Crippen LogP contribution in [0.5, 0.6) is 0 Å². The minimum atomic E-state index is 0.254. The Hall–Kier alpha value is -0.960. The first kappa shape index (κ1) is 11.5. The first-order chi connectivity index (χ1) is 7.72. The monoisotopic (exact) mass is 219 g/mol. The van der Waals surface area contributed by atoms with Gasteiger partial charge in [-0.2, -0.15) is 0 Å². The lowest BCUT2D eigenvalue weighted by Crippen LogP contribution is -2.16. The summed E-state index contributed by atoms with van der Waals surface area (Å²) in [6, 6.07) is 0.254. The van der Waals surface area contributed by atoms with Gasteiger partial charge in [0.25, 0.3) is 0 Å². The average Bonchev–Trinajstić information content (AvgIpc) is 3.09. The number of nitrogens with zero attached hydrogens (tertiary/aromatic N) is 2. The molecule has 3 nitrogen and oxygen atoms in total. The van der Waals surface area contributed by atoms with E-state index >= 15 is 0 Å². The molecule has 2 rings (SSSR count). The summed E-state index contributed by atoms with van der Waals surface area (Å²) in [4.78, 5) is 8.88. The van der Waals surface area contributed by atoms with Gasteiger partial charge in [-0.3, -0.25) is 0 Å². The van der Waals surface area contributed by atoms with Gasteiger partial charge in [0.15, 0.2) is 0 Å². The summed E-state index contributed by atoms with van der Waals surface area (Å²) in [5, 5.41) is 0. The highest BCUT2D eigenvalue weighted by molar-refractivity contribution is 5.30. The van der Waals surface area contributed by atoms with Crippen LogP contribution in [0.2, 0.25) is 0 Å². The van der Waals surface area contributed by atoms with E-state index in [9.17, 15) is 0 Å². The molecule has 1 fully saturated rings. The first-order valence-corrected chi connectivity index (χ1v) is 6.30. The van der Waals surface area contributed by atoms with E-state index in [1.165, 1.54) is 29.8 Å². The van der Waals surface area contributed by atoms with Gasteiger partial charge in [0, 0.05) is 17.7 Å². The molecule has 88 valence electrons. The predicted octanol–water partition coefficient (Wildman–Crippen LogP) is 2.20. The molecule has 1 heterocycles. The summed E-state index contributed by atoms with van der Waals surface area (Å²) in [5.41, 5.74) is 9.70. The van der Waals surface area contributed by atoms with Crippen LogP contribution in [0.25, 0.3) is 0 Å². The van der Waals surface area contributed by atoms with Crippen molar-refractivity contribution in [3.05, 3.63) is 23.3 Å². The van der Waals surface area contributed by atoms with Crippen molar-refractivity contribution in [3.8, 4) is 0 Å². The van der Waals surface area contributed by atoms with Crippen molar-refractivity contribution < 1.29 is 0 Å². The molecule has 1 aromatic rings. The molecular weight excluding hydrogens is 198 g/mol. The standard InChI is InChI=1S/C13H21N3/c1-3-11-12(7-4-9(2)14)15-8-16-13(11)10-5-6-10/h8-10H,3-7,14H2,1-2H3. The number of hydrogen-bond acceptors (Lipinski definition) is 3. The van der Waals surface area contributed by atoms with Crippen LogP contribution in [0.15, 0.2) is 6.33 Å². The van der Waals surface area contributed by atoms with Crippen molar-refractivity contribution in [1.82, 2.24) is 9.97 Å². The SMILES string of the molecule is CCc1c(CCC(C)N)ncnc1C1CC1. The molecular formula is C13H21N3. The van der Waals surface area contributed by atoms with Crippen LogP contribution >= 0.6 is 0 Å². The Morgan fingerprint density at radius 2 is 2.19 bits per heavy atom. The van der Waals surface area contributed by atoms with E-state index in [-0.39, 0.29) is 6.04 Å². The highest BCUT2D eigenvalue weighted by Gasteiger charge is 2.28. The Morgan fingerprint density at radius 3 is 2.75 bits per heavy atom. The second-order valence-corrected chi connectivity index (χ2v) is 4.83. The van der Waals surface area contributed by atoms with Crippen LogP contribution in [-0.2, 0) is 12.8 Å². The fraction of sp³-hybridized carbons (Fsp3) is 0.692. The van der Waals surface area contributed by atoms with Gasteiger partial charge >= 0.3 is 0 Å². The van der Waals surface area contributed by atoms with Gasteiger partial charge in [0.05, 0.1) is 5.69 Å². The van der Waals surface area contributed by atoms with Crippen LogP contribution in [-0.4, -0.2) is 16.0 Å². The fourth-order valence-corrected chi connectivity index (χ4v) is 2.14. The maximum atomic E-state index is 5.80. The normalized spacial score (nSPS) is 17.4. The molecule has 0 amide bonds. The highest BCUT2D eigenvalue weighted by Crippen LogP contribution is 2.41. The molecule has 1 aliphatic carbocycles. The fourth-order valence-electron chi connectivity index (χ4n) is 2.14. The Bertz CT molecular complexity index is 356. The van der Waals surface area contributed by atoms with Crippen LogP contribution in [0.3, 0.4) is 0 Å². The largest absolute Gasteiger partial charge is 0.328 e. The van der Waals surface area contributed by atoms with Crippen LogP contribution in [0.1, 0.15) is 56.0 Å². The Labute approximate surface area is 97.5 Å². The van der Waals surface area contributed by atoms with E-state index < -0.39 is 0 Å². The molecule has 0 spiro atoms. The van der Waals surface area contributed by atoms with E-state index in [0.29, 0.717) is 5.92 Å². The molecule has 2 N–H and O–H groups in total. The highest BCUT2D eigenvalue weighted by atomic mass is 14.9. The van der Waals surface area contributed by atoms with Gasteiger partial charge < -0.3 is 5.73 Å². The van der Waals surface area contributed by atoms with Crippen molar-refractivity contribution in [1.29, 1.82) is 0 Å². The molecule has 1 aliphatic rings. The number of hydrogen-bond donors (Lipinski definition) is 1. The van der Waals surface area contributed by atoms with Crippen LogP contribution < -0.4 is 5.73 Å². The third kappa shape index (κ3) is 2.59. The average molecular weight is 219 g/mol. The molecule has 3 heteroatoms. The summed E-state index contributed by atoms with van der Waals surface area (Å²) in [5.74, 6) is 0.715. The lowest BCUT2D eigenvalue weighted by atomic mass is 10.0. The quantitative estimate of drug-likeness (QED) is 0.826. The Morgan fingerprint density at radius 1 is 1.44 bits per heavy atom. The van der Waals surface area contributed by atoms with Crippen LogP contribution in [0.4, 0.5) is 0 Å². The molecule has 0 radical (unpaired) electrons. The summed E-state index contributed by atoms with van der Waals surface area (Å²) in [7, 11) is 0. The molecule has 1 atom stereocenters. The minimum Gasteiger partial charge on any atom is -0.328 e. The van der Waals surface area contributed by atoms with E-state index in [4.69, 9.17) is 5.73 Å². The van der Waals surface area contributed by atoms with Gasteiger partial charge in [-0.1, -0.05) is 6.92 Å². The predicted molar refractivity (Wildman–Crippen MR) is 65.4 cm³/mol. The molecule has 16 heavy (non-hydrogen) atoms. The zero-order chi connectivity index (χ0) is 11.5. The minimum absolute atomic E-state index is 0.254. The lowest BCUT2D eigenvalue weighted by Gasteiger charge is -2.12. The van der Waals surface area contributed by atoms with Gasteiger partial charge in [-0.15, -0.1) is 0 Å². The van der Waals surface area contributed by atoms with E-state index in [0.717, 1.165) is 19.3 Å². The second-order valence-electron chi connectivity index (χ2n) is 4.83. The zero-order valence-corrected chi connectivity index (χ0v) is 10.2. The molecule has 1 aromatic heterocycles. The van der Waals surface area contributed by atoms with Gasteiger partial charge in [-0.25, -0.2) is 9.97 Å². The van der Waals surface area contributed by atoms with Gasteiger partial charge in [0.1, 0.15) is 6.33 Å². The summed E-state index contributed by atoms with van der Waals surface area (Å²) in [6.07, 6.45) is 7.37. The molecule has 1 saturated carbocycles.